The molecule has 0 aliphatic heterocycles. The van der Waals surface area contributed by atoms with Crippen LogP contribution in [0.1, 0.15) is 5.69 Å². The number of halogens is 1. The molecule has 3 aromatic heterocycles. The Kier molecular flexibility index (Phi) is 6.64. The maximum Gasteiger partial charge on any atom is 0.157 e. The maximum atomic E-state index is 14.1. The minimum absolute atomic E-state index is 0.0937. The average molecular weight is 495 g/mol. The molecular weight excluding hydrogens is 471 g/mol. The standard InChI is InChI=1S/C28H23FN6O2/c1-34-18-19(16-32-34)28-17-31-26-9-8-20(14-27(26)33-28)35(11-5-7-25-24(29)6-4-10-30-25)21-12-22(36-2)15-23(13-21)37-3/h4,6,8-10,12-18H,11H2,1-3H3. The lowest BCUT2D eigenvalue weighted by atomic mass is 10.2. The highest BCUT2D eigenvalue weighted by atomic mass is 19.1. The molecule has 0 atom stereocenters. The molecule has 184 valence electrons. The fourth-order valence-corrected chi connectivity index (χ4v) is 3.82. The summed E-state index contributed by atoms with van der Waals surface area (Å²) < 4.78 is 26.8. The van der Waals surface area contributed by atoms with Gasteiger partial charge in [-0.25, -0.2) is 14.4 Å². The summed E-state index contributed by atoms with van der Waals surface area (Å²) in [5, 5.41) is 4.23. The minimum Gasteiger partial charge on any atom is -0.497 e. The predicted molar refractivity (Wildman–Crippen MR) is 139 cm³/mol. The molecule has 0 aliphatic carbocycles. The number of hydrogen-bond acceptors (Lipinski definition) is 7. The molecule has 8 nitrogen and oxygen atoms in total. The average Bonchev–Trinajstić information content (AvgIpc) is 3.37. The van der Waals surface area contributed by atoms with Gasteiger partial charge in [-0.05, 0) is 36.3 Å². The second-order valence-electron chi connectivity index (χ2n) is 8.12. The summed E-state index contributed by atoms with van der Waals surface area (Å²) in [4.78, 5) is 15.4. The van der Waals surface area contributed by atoms with Gasteiger partial charge in [0.05, 0.1) is 49.9 Å². The first-order valence-electron chi connectivity index (χ1n) is 11.4. The summed E-state index contributed by atoms with van der Waals surface area (Å²) in [7, 11) is 5.05. The normalized spacial score (nSPS) is 10.6. The van der Waals surface area contributed by atoms with Crippen molar-refractivity contribution in [3.63, 3.8) is 0 Å². The smallest absolute Gasteiger partial charge is 0.157 e. The van der Waals surface area contributed by atoms with E-state index in [1.807, 2.05) is 48.5 Å². The molecule has 5 rings (SSSR count). The number of nitrogens with zero attached hydrogens (tertiary/aromatic N) is 6. The molecule has 2 aromatic carbocycles. The van der Waals surface area contributed by atoms with E-state index in [0.29, 0.717) is 17.0 Å². The van der Waals surface area contributed by atoms with Crippen LogP contribution in [0, 0.1) is 17.7 Å². The number of methoxy groups -OCH3 is 2. The maximum absolute atomic E-state index is 14.1. The number of pyridine rings is 1. The highest BCUT2D eigenvalue weighted by molar-refractivity contribution is 5.83. The lowest BCUT2D eigenvalue weighted by Crippen LogP contribution is -2.17. The van der Waals surface area contributed by atoms with Crippen LogP contribution in [-0.2, 0) is 7.05 Å². The summed E-state index contributed by atoms with van der Waals surface area (Å²) in [5.74, 6) is 6.67. The first kappa shape index (κ1) is 23.8. The topological polar surface area (TPSA) is 78.2 Å². The van der Waals surface area contributed by atoms with Crippen LogP contribution in [0.15, 0.2) is 73.3 Å². The van der Waals surface area contributed by atoms with Crippen LogP contribution in [0.3, 0.4) is 0 Å². The van der Waals surface area contributed by atoms with E-state index in [1.54, 1.807) is 37.4 Å². The SMILES string of the molecule is COc1cc(OC)cc(N(CC#Cc2ncccc2F)c2ccc3ncc(-c4cnn(C)c4)nc3c2)c1. The van der Waals surface area contributed by atoms with Crippen LogP contribution >= 0.6 is 0 Å². The van der Waals surface area contributed by atoms with E-state index >= 15 is 0 Å². The Morgan fingerprint density at radius 2 is 1.76 bits per heavy atom. The van der Waals surface area contributed by atoms with Crippen molar-refractivity contribution in [2.24, 2.45) is 7.05 Å². The second kappa shape index (κ2) is 10.3. The Morgan fingerprint density at radius 3 is 2.46 bits per heavy atom. The Balaban J connectivity index is 1.59. The molecule has 0 amide bonds. The number of rotatable bonds is 6. The number of aryl methyl sites for hydroxylation is 1. The van der Waals surface area contributed by atoms with Crippen molar-refractivity contribution in [3.05, 3.63) is 84.8 Å². The first-order chi connectivity index (χ1) is 18.0. The van der Waals surface area contributed by atoms with Gasteiger partial charge < -0.3 is 14.4 Å². The van der Waals surface area contributed by atoms with Gasteiger partial charge in [-0.2, -0.15) is 5.10 Å². The van der Waals surface area contributed by atoms with Gasteiger partial charge >= 0.3 is 0 Å². The molecule has 0 spiro atoms. The molecule has 3 heterocycles. The largest absolute Gasteiger partial charge is 0.497 e. The molecule has 5 aromatic rings. The van der Waals surface area contributed by atoms with Gasteiger partial charge in [0.1, 0.15) is 17.2 Å². The number of aromatic nitrogens is 5. The van der Waals surface area contributed by atoms with Crippen LogP contribution < -0.4 is 14.4 Å². The molecule has 0 N–H and O–H groups in total. The van der Waals surface area contributed by atoms with Crippen molar-refractivity contribution in [2.75, 3.05) is 25.7 Å². The van der Waals surface area contributed by atoms with E-state index in [4.69, 9.17) is 14.5 Å². The summed E-state index contributed by atoms with van der Waals surface area (Å²) in [6.07, 6.45) is 6.89. The van der Waals surface area contributed by atoms with Crippen molar-refractivity contribution in [2.45, 2.75) is 0 Å². The van der Waals surface area contributed by atoms with Gasteiger partial charge in [0, 0.05) is 54.6 Å². The van der Waals surface area contributed by atoms with E-state index < -0.39 is 5.82 Å². The number of fused-ring (bicyclic) bond motifs is 1. The molecule has 0 bridgehead atoms. The van der Waals surface area contributed by atoms with Gasteiger partial charge in [-0.1, -0.05) is 5.92 Å². The van der Waals surface area contributed by atoms with Crippen LogP contribution in [0.2, 0.25) is 0 Å². The third-order valence-corrected chi connectivity index (χ3v) is 5.69. The fraction of sp³-hybridized carbons (Fsp3) is 0.143. The van der Waals surface area contributed by atoms with E-state index in [0.717, 1.165) is 28.1 Å². The minimum atomic E-state index is -0.464. The van der Waals surface area contributed by atoms with Gasteiger partial charge in [0.25, 0.3) is 0 Å². The van der Waals surface area contributed by atoms with Crippen molar-refractivity contribution >= 4 is 22.4 Å². The van der Waals surface area contributed by atoms with Crippen molar-refractivity contribution in [1.29, 1.82) is 0 Å². The third kappa shape index (κ3) is 5.18. The second-order valence-corrected chi connectivity index (χ2v) is 8.12. The monoisotopic (exact) mass is 494 g/mol. The lowest BCUT2D eigenvalue weighted by Gasteiger charge is -2.24. The molecular formula is C28H23FN6O2. The zero-order chi connectivity index (χ0) is 25.8. The highest BCUT2D eigenvalue weighted by Crippen LogP contribution is 2.34. The molecule has 9 heteroatoms. The summed E-state index contributed by atoms with van der Waals surface area (Å²) in [5.41, 5.74) is 4.75. The van der Waals surface area contributed by atoms with Crippen molar-refractivity contribution in [3.8, 4) is 34.6 Å². The van der Waals surface area contributed by atoms with Crippen LogP contribution in [-0.4, -0.2) is 45.5 Å². The fourth-order valence-electron chi connectivity index (χ4n) is 3.82. The van der Waals surface area contributed by atoms with E-state index in [1.165, 1.54) is 18.3 Å². The van der Waals surface area contributed by atoms with E-state index in [-0.39, 0.29) is 12.2 Å². The van der Waals surface area contributed by atoms with E-state index in [2.05, 4.69) is 26.9 Å². The summed E-state index contributed by atoms with van der Waals surface area (Å²) in [6, 6.07) is 14.2. The molecule has 0 saturated heterocycles. The van der Waals surface area contributed by atoms with Crippen molar-refractivity contribution in [1.82, 2.24) is 24.7 Å². The third-order valence-electron chi connectivity index (χ3n) is 5.69. The molecule has 0 saturated carbocycles. The zero-order valence-corrected chi connectivity index (χ0v) is 20.5. The van der Waals surface area contributed by atoms with Gasteiger partial charge in [0.2, 0.25) is 0 Å². The first-order valence-corrected chi connectivity index (χ1v) is 11.4. The highest BCUT2D eigenvalue weighted by Gasteiger charge is 2.14. The lowest BCUT2D eigenvalue weighted by molar-refractivity contribution is 0.394. The van der Waals surface area contributed by atoms with Crippen LogP contribution in [0.5, 0.6) is 11.5 Å². The Morgan fingerprint density at radius 1 is 0.946 bits per heavy atom. The number of benzene rings is 2. The van der Waals surface area contributed by atoms with Gasteiger partial charge in [-0.3, -0.25) is 9.67 Å². The van der Waals surface area contributed by atoms with Gasteiger partial charge in [-0.15, -0.1) is 0 Å². The van der Waals surface area contributed by atoms with Crippen LogP contribution in [0.4, 0.5) is 15.8 Å². The number of anilines is 2. The molecule has 0 fully saturated rings. The summed E-state index contributed by atoms with van der Waals surface area (Å²) in [6.45, 7) is 0.244. The predicted octanol–water partition coefficient (Wildman–Crippen LogP) is 4.77. The Labute approximate surface area is 213 Å². The molecule has 0 aliphatic rings. The molecule has 0 radical (unpaired) electrons. The summed E-state index contributed by atoms with van der Waals surface area (Å²) >= 11 is 0. The number of hydrogen-bond donors (Lipinski definition) is 0. The molecule has 37 heavy (non-hydrogen) atoms. The zero-order valence-electron chi connectivity index (χ0n) is 20.5. The van der Waals surface area contributed by atoms with Gasteiger partial charge in [0.15, 0.2) is 5.82 Å². The molecule has 0 unspecified atom stereocenters. The Bertz CT molecular complexity index is 1620. The number of ether oxygens (including phenoxy) is 2. The van der Waals surface area contributed by atoms with E-state index in [9.17, 15) is 4.39 Å². The van der Waals surface area contributed by atoms with Crippen molar-refractivity contribution < 1.29 is 13.9 Å². The quantitative estimate of drug-likeness (QED) is 0.315. The van der Waals surface area contributed by atoms with Crippen LogP contribution in [0.25, 0.3) is 22.3 Å². The Hall–Kier alpha value is -4.97.